The second-order valence-electron chi connectivity index (χ2n) is 4.16. The quantitative estimate of drug-likeness (QED) is 0.850. The summed E-state index contributed by atoms with van der Waals surface area (Å²) in [6.45, 7) is 1.05. The zero-order valence-electron chi connectivity index (χ0n) is 8.60. The van der Waals surface area contributed by atoms with E-state index in [1.165, 1.54) is 25.7 Å². The molecule has 82 valence electrons. The van der Waals surface area contributed by atoms with Crippen molar-refractivity contribution in [3.8, 4) is 0 Å². The molecule has 0 heterocycles. The summed E-state index contributed by atoms with van der Waals surface area (Å²) < 4.78 is 1.07. The van der Waals surface area contributed by atoms with E-state index in [0.29, 0.717) is 0 Å². The lowest BCUT2D eigenvalue weighted by Gasteiger charge is -2.13. The highest BCUT2D eigenvalue weighted by atomic mass is 79.9. The Morgan fingerprint density at radius 1 is 1.33 bits per heavy atom. The predicted octanol–water partition coefficient (Wildman–Crippen LogP) is 4.70. The van der Waals surface area contributed by atoms with Gasteiger partial charge in [-0.1, -0.05) is 40.4 Å². The van der Waals surface area contributed by atoms with Crippen molar-refractivity contribution in [1.29, 1.82) is 0 Å². The molecule has 1 N–H and O–H groups in total. The van der Waals surface area contributed by atoms with Gasteiger partial charge in [-0.2, -0.15) is 0 Å². The van der Waals surface area contributed by atoms with Gasteiger partial charge in [0, 0.05) is 11.0 Å². The molecule has 0 amide bonds. The van der Waals surface area contributed by atoms with E-state index in [4.69, 9.17) is 11.6 Å². The van der Waals surface area contributed by atoms with Gasteiger partial charge in [0.1, 0.15) is 0 Å². The second kappa shape index (κ2) is 5.22. The van der Waals surface area contributed by atoms with Gasteiger partial charge >= 0.3 is 0 Å². The highest BCUT2D eigenvalue weighted by Crippen LogP contribution is 2.28. The number of rotatable bonds is 3. The van der Waals surface area contributed by atoms with Gasteiger partial charge in [-0.15, -0.1) is 0 Å². The topological polar surface area (TPSA) is 12.0 Å². The molecule has 2 rings (SSSR count). The van der Waals surface area contributed by atoms with Crippen LogP contribution in [-0.4, -0.2) is 6.54 Å². The molecule has 1 fully saturated rings. The molecule has 1 nitrogen and oxygen atoms in total. The Balaban J connectivity index is 1.94. The van der Waals surface area contributed by atoms with Gasteiger partial charge in [0.2, 0.25) is 0 Å². The van der Waals surface area contributed by atoms with Gasteiger partial charge in [0.15, 0.2) is 0 Å². The molecular weight excluding hydrogens is 273 g/mol. The third-order valence-corrected chi connectivity index (χ3v) is 3.81. The van der Waals surface area contributed by atoms with Crippen LogP contribution >= 0.6 is 27.5 Å². The van der Waals surface area contributed by atoms with Crippen LogP contribution in [0.15, 0.2) is 22.7 Å². The Morgan fingerprint density at radius 2 is 2.07 bits per heavy atom. The van der Waals surface area contributed by atoms with Crippen LogP contribution < -0.4 is 5.32 Å². The number of nitrogens with one attached hydrogen (secondary N) is 1. The maximum absolute atomic E-state index is 6.10. The fourth-order valence-electron chi connectivity index (χ4n) is 2.10. The van der Waals surface area contributed by atoms with Crippen molar-refractivity contribution in [2.24, 2.45) is 5.92 Å². The number of hydrogen-bond acceptors (Lipinski definition) is 1. The van der Waals surface area contributed by atoms with Crippen molar-refractivity contribution in [3.63, 3.8) is 0 Å². The van der Waals surface area contributed by atoms with E-state index < -0.39 is 0 Å². The first-order valence-corrected chi connectivity index (χ1v) is 6.62. The second-order valence-corrected chi connectivity index (χ2v) is 5.48. The summed E-state index contributed by atoms with van der Waals surface area (Å²) in [5, 5.41) is 4.24. The molecule has 0 atom stereocenters. The maximum Gasteiger partial charge on any atom is 0.0638 e. The molecule has 0 bridgehead atoms. The summed E-state index contributed by atoms with van der Waals surface area (Å²) in [4.78, 5) is 0. The molecule has 0 unspecified atom stereocenters. The summed E-state index contributed by atoms with van der Waals surface area (Å²) in [5.74, 6) is 0.833. The van der Waals surface area contributed by atoms with Crippen LogP contribution in [0, 0.1) is 5.92 Å². The van der Waals surface area contributed by atoms with E-state index in [1.807, 2.05) is 18.2 Å². The van der Waals surface area contributed by atoms with Crippen molar-refractivity contribution in [1.82, 2.24) is 0 Å². The Morgan fingerprint density at radius 3 is 2.80 bits per heavy atom. The Hall–Kier alpha value is -0.210. The molecule has 0 aliphatic heterocycles. The first-order chi connectivity index (χ1) is 7.25. The first kappa shape index (κ1) is 11.3. The number of anilines is 1. The maximum atomic E-state index is 6.10. The third-order valence-electron chi connectivity index (χ3n) is 2.98. The lowest BCUT2D eigenvalue weighted by Crippen LogP contribution is -2.11. The number of halogens is 2. The SMILES string of the molecule is Clc1ccc(Br)cc1NCC1CCCC1. The van der Waals surface area contributed by atoms with Crippen LogP contribution in [0.2, 0.25) is 5.02 Å². The normalized spacial score (nSPS) is 16.9. The van der Waals surface area contributed by atoms with Crippen molar-refractivity contribution in [3.05, 3.63) is 27.7 Å². The smallest absolute Gasteiger partial charge is 0.0638 e. The summed E-state index contributed by atoms with van der Waals surface area (Å²) in [6, 6.07) is 5.92. The summed E-state index contributed by atoms with van der Waals surface area (Å²) in [7, 11) is 0. The van der Waals surface area contributed by atoms with Crippen LogP contribution in [0.1, 0.15) is 25.7 Å². The van der Waals surface area contributed by atoms with E-state index in [1.54, 1.807) is 0 Å². The minimum atomic E-state index is 0.802. The zero-order valence-corrected chi connectivity index (χ0v) is 10.9. The van der Waals surface area contributed by atoms with Crippen molar-refractivity contribution < 1.29 is 0 Å². The van der Waals surface area contributed by atoms with Gasteiger partial charge < -0.3 is 5.32 Å². The first-order valence-electron chi connectivity index (χ1n) is 5.44. The Bertz CT molecular complexity index is 334. The minimum Gasteiger partial charge on any atom is -0.384 e. The average Bonchev–Trinajstić information content (AvgIpc) is 2.72. The highest BCUT2D eigenvalue weighted by molar-refractivity contribution is 9.10. The lowest BCUT2D eigenvalue weighted by atomic mass is 10.1. The van der Waals surface area contributed by atoms with Crippen molar-refractivity contribution >= 4 is 33.2 Å². The molecule has 0 saturated heterocycles. The fourth-order valence-corrected chi connectivity index (χ4v) is 2.65. The fraction of sp³-hybridized carbons (Fsp3) is 0.500. The molecule has 1 aliphatic carbocycles. The number of hydrogen-bond donors (Lipinski definition) is 1. The van der Waals surface area contributed by atoms with Crippen molar-refractivity contribution in [2.75, 3.05) is 11.9 Å². The Labute approximate surface area is 104 Å². The van der Waals surface area contributed by atoms with Gasteiger partial charge in [-0.05, 0) is 37.0 Å². The van der Waals surface area contributed by atoms with Crippen LogP contribution in [0.4, 0.5) is 5.69 Å². The Kier molecular flexibility index (Phi) is 3.92. The van der Waals surface area contributed by atoms with E-state index in [0.717, 1.165) is 27.6 Å². The van der Waals surface area contributed by atoms with Crippen LogP contribution in [0.25, 0.3) is 0 Å². The van der Waals surface area contributed by atoms with Crippen LogP contribution in [0.5, 0.6) is 0 Å². The summed E-state index contributed by atoms with van der Waals surface area (Å²) in [5.41, 5.74) is 1.04. The molecular formula is C12H15BrClN. The van der Waals surface area contributed by atoms with E-state index >= 15 is 0 Å². The largest absolute Gasteiger partial charge is 0.384 e. The third kappa shape index (κ3) is 3.12. The minimum absolute atomic E-state index is 0.802. The molecule has 3 heteroatoms. The van der Waals surface area contributed by atoms with E-state index in [9.17, 15) is 0 Å². The van der Waals surface area contributed by atoms with E-state index in [-0.39, 0.29) is 0 Å². The van der Waals surface area contributed by atoms with Gasteiger partial charge in [-0.25, -0.2) is 0 Å². The predicted molar refractivity (Wildman–Crippen MR) is 69.6 cm³/mol. The molecule has 15 heavy (non-hydrogen) atoms. The molecule has 0 aromatic heterocycles. The van der Waals surface area contributed by atoms with Gasteiger partial charge in [0.25, 0.3) is 0 Å². The number of benzene rings is 1. The highest BCUT2D eigenvalue weighted by Gasteiger charge is 2.14. The molecule has 1 saturated carbocycles. The van der Waals surface area contributed by atoms with Crippen LogP contribution in [-0.2, 0) is 0 Å². The summed E-state index contributed by atoms with van der Waals surface area (Å²) in [6.07, 6.45) is 5.49. The monoisotopic (exact) mass is 287 g/mol. The molecule has 1 aromatic carbocycles. The molecule has 1 aliphatic rings. The average molecular weight is 289 g/mol. The van der Waals surface area contributed by atoms with Crippen molar-refractivity contribution in [2.45, 2.75) is 25.7 Å². The van der Waals surface area contributed by atoms with Gasteiger partial charge in [-0.3, -0.25) is 0 Å². The van der Waals surface area contributed by atoms with Gasteiger partial charge in [0.05, 0.1) is 10.7 Å². The molecule has 0 radical (unpaired) electrons. The van der Waals surface area contributed by atoms with Crippen LogP contribution in [0.3, 0.4) is 0 Å². The van der Waals surface area contributed by atoms with E-state index in [2.05, 4.69) is 21.2 Å². The summed E-state index contributed by atoms with van der Waals surface area (Å²) >= 11 is 9.55. The molecule has 0 spiro atoms. The zero-order chi connectivity index (χ0) is 10.7. The molecule has 1 aromatic rings. The lowest BCUT2D eigenvalue weighted by molar-refractivity contribution is 0.580. The standard InChI is InChI=1S/C12H15BrClN/c13-10-5-6-11(14)12(7-10)15-8-9-3-1-2-4-9/h5-7,9,15H,1-4,8H2.